The number of imide groups is 1. The van der Waals surface area contributed by atoms with E-state index in [1.165, 1.54) is 4.90 Å². The second-order valence-corrected chi connectivity index (χ2v) is 4.47. The topological polar surface area (TPSA) is 65.7 Å². The molecule has 3 atom stereocenters. The monoisotopic (exact) mass is 226 g/mol. The summed E-state index contributed by atoms with van der Waals surface area (Å²) in [6, 6.07) is -0.570. The maximum Gasteiger partial charge on any atom is 0.327 e. The normalized spacial score (nSPS) is 37.2. The number of ether oxygens (including phenoxy) is 2. The molecule has 3 amide bonds. The minimum atomic E-state index is -0.365. The highest BCUT2D eigenvalue weighted by atomic mass is 16.6. The van der Waals surface area contributed by atoms with Crippen LogP contribution in [0.15, 0.2) is 0 Å². The Morgan fingerprint density at radius 2 is 1.75 bits per heavy atom. The smallest absolute Gasteiger partial charge is 0.327 e. The average Bonchev–Trinajstić information content (AvgIpc) is 3.12. The summed E-state index contributed by atoms with van der Waals surface area (Å²) in [6.45, 7) is 4.02. The van der Waals surface area contributed by atoms with Crippen molar-refractivity contribution in [2.45, 2.75) is 25.2 Å². The van der Waals surface area contributed by atoms with Crippen LogP contribution in [-0.4, -0.2) is 66.3 Å². The number of urea groups is 1. The van der Waals surface area contributed by atoms with Gasteiger partial charge in [-0.2, -0.15) is 0 Å². The molecule has 6 nitrogen and oxygen atoms in total. The van der Waals surface area contributed by atoms with Gasteiger partial charge in [0.05, 0.1) is 38.5 Å². The van der Waals surface area contributed by atoms with Crippen LogP contribution >= 0.6 is 0 Å². The van der Waals surface area contributed by atoms with E-state index in [1.807, 2.05) is 0 Å². The van der Waals surface area contributed by atoms with Crippen LogP contribution in [-0.2, 0) is 14.3 Å². The van der Waals surface area contributed by atoms with E-state index in [-0.39, 0.29) is 30.2 Å². The Kier molecular flexibility index (Phi) is 2.15. The number of carbonyl (C=O) groups excluding carboxylic acids is 2. The van der Waals surface area contributed by atoms with E-state index in [9.17, 15) is 9.59 Å². The van der Waals surface area contributed by atoms with E-state index in [2.05, 4.69) is 0 Å². The molecular formula is C10H14N2O4. The molecule has 0 saturated carbocycles. The molecule has 3 unspecified atom stereocenters. The van der Waals surface area contributed by atoms with Gasteiger partial charge in [0, 0.05) is 0 Å². The molecule has 0 aromatic carbocycles. The standard InChI is InChI=1S/C10H14N2O4/c1-6-9(13)12(3-8-5-16-8)10(14)11(6)2-7-4-15-7/h6-8H,2-5H2,1H3. The van der Waals surface area contributed by atoms with Crippen LogP contribution in [0.1, 0.15) is 6.92 Å². The van der Waals surface area contributed by atoms with E-state index in [0.29, 0.717) is 26.3 Å². The number of rotatable bonds is 4. The molecule has 3 heterocycles. The molecule has 0 bridgehead atoms. The summed E-state index contributed by atoms with van der Waals surface area (Å²) in [4.78, 5) is 26.7. The van der Waals surface area contributed by atoms with Crippen molar-refractivity contribution in [3.8, 4) is 0 Å². The Labute approximate surface area is 93.1 Å². The van der Waals surface area contributed by atoms with Crippen LogP contribution in [0.25, 0.3) is 0 Å². The van der Waals surface area contributed by atoms with Gasteiger partial charge in [-0.3, -0.25) is 9.69 Å². The number of epoxide rings is 2. The van der Waals surface area contributed by atoms with Gasteiger partial charge in [-0.1, -0.05) is 0 Å². The van der Waals surface area contributed by atoms with Crippen molar-refractivity contribution in [1.82, 2.24) is 9.80 Å². The second-order valence-electron chi connectivity index (χ2n) is 4.47. The van der Waals surface area contributed by atoms with Crippen molar-refractivity contribution in [2.24, 2.45) is 0 Å². The molecular weight excluding hydrogens is 212 g/mol. The van der Waals surface area contributed by atoms with Crippen molar-refractivity contribution >= 4 is 11.9 Å². The third kappa shape index (κ3) is 1.68. The molecule has 16 heavy (non-hydrogen) atoms. The van der Waals surface area contributed by atoms with E-state index in [1.54, 1.807) is 11.8 Å². The number of hydrogen-bond donors (Lipinski definition) is 0. The Bertz CT molecular complexity index is 338. The molecule has 3 saturated heterocycles. The molecule has 6 heteroatoms. The molecule has 0 aromatic heterocycles. The fraction of sp³-hybridized carbons (Fsp3) is 0.800. The lowest BCUT2D eigenvalue weighted by Crippen LogP contribution is -2.37. The van der Waals surface area contributed by atoms with Crippen LogP contribution < -0.4 is 0 Å². The van der Waals surface area contributed by atoms with Gasteiger partial charge in [-0.15, -0.1) is 0 Å². The predicted octanol–water partition coefficient (Wildman–Crippen LogP) is -0.563. The molecule has 0 aliphatic carbocycles. The first-order valence-corrected chi connectivity index (χ1v) is 5.52. The molecule has 88 valence electrons. The van der Waals surface area contributed by atoms with Gasteiger partial charge in [-0.25, -0.2) is 4.79 Å². The predicted molar refractivity (Wildman–Crippen MR) is 52.8 cm³/mol. The first-order chi connectivity index (χ1) is 7.66. The van der Waals surface area contributed by atoms with Crippen molar-refractivity contribution in [3.05, 3.63) is 0 Å². The molecule has 3 aliphatic rings. The van der Waals surface area contributed by atoms with Gasteiger partial charge in [0.2, 0.25) is 0 Å². The third-order valence-corrected chi connectivity index (χ3v) is 3.16. The largest absolute Gasteiger partial charge is 0.371 e. The maximum atomic E-state index is 12.0. The lowest BCUT2D eigenvalue weighted by Gasteiger charge is -2.17. The summed E-state index contributed by atoms with van der Waals surface area (Å²) in [6.07, 6.45) is 0.175. The fourth-order valence-electron chi connectivity index (χ4n) is 1.95. The highest BCUT2D eigenvalue weighted by Crippen LogP contribution is 2.23. The molecule has 0 aromatic rings. The zero-order valence-corrected chi connectivity index (χ0v) is 9.09. The van der Waals surface area contributed by atoms with Crippen LogP contribution in [0.2, 0.25) is 0 Å². The molecule has 3 aliphatic heterocycles. The summed E-state index contributed by atoms with van der Waals surface area (Å²) in [5, 5.41) is 0. The summed E-state index contributed by atoms with van der Waals surface area (Å²) in [7, 11) is 0. The van der Waals surface area contributed by atoms with E-state index in [4.69, 9.17) is 9.47 Å². The lowest BCUT2D eigenvalue weighted by atomic mass is 10.3. The molecule has 0 N–H and O–H groups in total. The van der Waals surface area contributed by atoms with Crippen molar-refractivity contribution in [2.75, 3.05) is 26.3 Å². The number of hydrogen-bond acceptors (Lipinski definition) is 4. The zero-order chi connectivity index (χ0) is 11.3. The molecule has 3 fully saturated rings. The van der Waals surface area contributed by atoms with Crippen LogP contribution in [0.4, 0.5) is 4.79 Å². The Hall–Kier alpha value is -1.14. The van der Waals surface area contributed by atoms with E-state index in [0.717, 1.165) is 0 Å². The Morgan fingerprint density at radius 3 is 2.31 bits per heavy atom. The summed E-state index contributed by atoms with van der Waals surface area (Å²) >= 11 is 0. The number of amides is 3. The SMILES string of the molecule is CC1C(=O)N(CC2CO2)C(=O)N1CC1CO1. The van der Waals surface area contributed by atoms with Gasteiger partial charge < -0.3 is 14.4 Å². The summed E-state index contributed by atoms with van der Waals surface area (Å²) in [5.41, 5.74) is 0. The number of nitrogens with zero attached hydrogens (tertiary/aromatic N) is 2. The van der Waals surface area contributed by atoms with E-state index < -0.39 is 0 Å². The van der Waals surface area contributed by atoms with Gasteiger partial charge >= 0.3 is 6.03 Å². The zero-order valence-electron chi connectivity index (χ0n) is 9.09. The maximum absolute atomic E-state index is 12.0. The number of carbonyl (C=O) groups is 2. The van der Waals surface area contributed by atoms with Crippen LogP contribution in [0.5, 0.6) is 0 Å². The summed E-state index contributed by atoms with van der Waals surface area (Å²) < 4.78 is 10.1. The first-order valence-electron chi connectivity index (χ1n) is 5.52. The minimum absolute atomic E-state index is 0.0530. The molecule has 0 radical (unpaired) electrons. The highest BCUT2D eigenvalue weighted by molar-refractivity contribution is 6.04. The van der Waals surface area contributed by atoms with Crippen molar-refractivity contribution in [3.63, 3.8) is 0 Å². The first kappa shape index (κ1) is 10.0. The van der Waals surface area contributed by atoms with Crippen LogP contribution in [0.3, 0.4) is 0 Å². The molecule has 3 rings (SSSR count). The minimum Gasteiger partial charge on any atom is -0.371 e. The Morgan fingerprint density at radius 1 is 1.19 bits per heavy atom. The second kappa shape index (κ2) is 3.43. The van der Waals surface area contributed by atoms with Gasteiger partial charge in [0.25, 0.3) is 5.91 Å². The quantitative estimate of drug-likeness (QED) is 0.476. The third-order valence-electron chi connectivity index (χ3n) is 3.16. The van der Waals surface area contributed by atoms with Gasteiger partial charge in [-0.05, 0) is 6.92 Å². The van der Waals surface area contributed by atoms with Gasteiger partial charge in [0.1, 0.15) is 6.04 Å². The molecule has 0 spiro atoms. The summed E-state index contributed by atoms with van der Waals surface area (Å²) in [5.74, 6) is -0.124. The lowest BCUT2D eigenvalue weighted by molar-refractivity contribution is -0.128. The van der Waals surface area contributed by atoms with E-state index >= 15 is 0 Å². The van der Waals surface area contributed by atoms with Crippen molar-refractivity contribution < 1.29 is 19.1 Å². The van der Waals surface area contributed by atoms with Crippen LogP contribution in [0, 0.1) is 0 Å². The Balaban J connectivity index is 1.69. The van der Waals surface area contributed by atoms with Gasteiger partial charge in [0.15, 0.2) is 0 Å². The highest BCUT2D eigenvalue weighted by Gasteiger charge is 2.46. The average molecular weight is 226 g/mol. The fourth-order valence-corrected chi connectivity index (χ4v) is 1.95. The van der Waals surface area contributed by atoms with Crippen molar-refractivity contribution in [1.29, 1.82) is 0 Å².